The molecular formula is C14H14N2O3. The van der Waals surface area contributed by atoms with Gasteiger partial charge in [0, 0.05) is 37.1 Å². The molecule has 19 heavy (non-hydrogen) atoms. The summed E-state index contributed by atoms with van der Waals surface area (Å²) < 4.78 is 5.24. The Bertz CT molecular complexity index is 579. The number of hydrogen-bond donors (Lipinski definition) is 1. The highest BCUT2D eigenvalue weighted by Gasteiger charge is 2.32. The molecule has 0 radical (unpaired) electrons. The highest BCUT2D eigenvalue weighted by atomic mass is 16.5. The predicted molar refractivity (Wildman–Crippen MR) is 69.5 cm³/mol. The summed E-state index contributed by atoms with van der Waals surface area (Å²) in [6.07, 6.45) is 0.359. The lowest BCUT2D eigenvalue weighted by Gasteiger charge is -2.10. The average molecular weight is 258 g/mol. The van der Waals surface area contributed by atoms with Gasteiger partial charge in [0.15, 0.2) is 0 Å². The Hall–Kier alpha value is -2.14. The Morgan fingerprint density at radius 1 is 1.37 bits per heavy atom. The van der Waals surface area contributed by atoms with Crippen LogP contribution in [0.15, 0.2) is 40.9 Å². The van der Waals surface area contributed by atoms with E-state index in [-0.39, 0.29) is 18.4 Å². The van der Waals surface area contributed by atoms with Crippen LogP contribution in [0, 0.1) is 5.92 Å². The van der Waals surface area contributed by atoms with Crippen LogP contribution in [-0.4, -0.2) is 29.3 Å². The Morgan fingerprint density at radius 3 is 2.84 bits per heavy atom. The van der Waals surface area contributed by atoms with Crippen molar-refractivity contribution >= 4 is 11.8 Å². The molecule has 1 unspecified atom stereocenters. The average Bonchev–Trinajstić information content (AvgIpc) is 3.06. The first kappa shape index (κ1) is 11.9. The van der Waals surface area contributed by atoms with E-state index < -0.39 is 0 Å². The first-order valence-electron chi connectivity index (χ1n) is 6.21. The fourth-order valence-corrected chi connectivity index (χ4v) is 2.25. The molecule has 0 saturated carbocycles. The van der Waals surface area contributed by atoms with Crippen molar-refractivity contribution in [3.05, 3.63) is 36.4 Å². The van der Waals surface area contributed by atoms with Gasteiger partial charge in [-0.2, -0.15) is 0 Å². The highest BCUT2D eigenvalue weighted by Crippen LogP contribution is 2.28. The predicted octanol–water partition coefficient (Wildman–Crippen LogP) is 1.69. The number of aliphatic hydroxyl groups is 1. The summed E-state index contributed by atoms with van der Waals surface area (Å²) in [5.74, 6) is 0.396. The second-order valence-corrected chi connectivity index (χ2v) is 4.67. The second kappa shape index (κ2) is 4.85. The van der Waals surface area contributed by atoms with E-state index in [0.29, 0.717) is 24.5 Å². The van der Waals surface area contributed by atoms with Crippen LogP contribution >= 0.6 is 0 Å². The van der Waals surface area contributed by atoms with Crippen LogP contribution in [0.5, 0.6) is 0 Å². The lowest BCUT2D eigenvalue weighted by molar-refractivity contribution is -0.117. The van der Waals surface area contributed by atoms with Crippen LogP contribution in [0.4, 0.5) is 5.88 Å². The summed E-state index contributed by atoms with van der Waals surface area (Å²) in [5.41, 5.74) is 1.65. The van der Waals surface area contributed by atoms with Gasteiger partial charge in [0.1, 0.15) is 5.69 Å². The van der Waals surface area contributed by atoms with Gasteiger partial charge in [-0.15, -0.1) is 0 Å². The first-order chi connectivity index (χ1) is 9.28. The molecule has 2 heterocycles. The van der Waals surface area contributed by atoms with E-state index >= 15 is 0 Å². The first-order valence-corrected chi connectivity index (χ1v) is 6.21. The number of aliphatic hydroxyl groups excluding tert-OH is 1. The number of hydrogen-bond acceptors (Lipinski definition) is 4. The van der Waals surface area contributed by atoms with E-state index in [1.807, 2.05) is 30.3 Å². The molecule has 5 nitrogen and oxygen atoms in total. The Kier molecular flexibility index (Phi) is 3.05. The van der Waals surface area contributed by atoms with Crippen molar-refractivity contribution in [1.82, 2.24) is 5.16 Å². The molecule has 1 aromatic carbocycles. The Labute approximate surface area is 110 Å². The molecule has 1 fully saturated rings. The largest absolute Gasteiger partial charge is 0.396 e. The molecular weight excluding hydrogens is 244 g/mol. The summed E-state index contributed by atoms with van der Waals surface area (Å²) in [7, 11) is 0. The molecule has 1 N–H and O–H groups in total. The van der Waals surface area contributed by atoms with Gasteiger partial charge in [-0.1, -0.05) is 35.5 Å². The highest BCUT2D eigenvalue weighted by molar-refractivity contribution is 5.94. The maximum atomic E-state index is 11.8. The van der Waals surface area contributed by atoms with E-state index in [2.05, 4.69) is 5.16 Å². The van der Waals surface area contributed by atoms with Crippen molar-refractivity contribution in [2.24, 2.45) is 5.92 Å². The molecule has 1 aliphatic rings. The second-order valence-electron chi connectivity index (χ2n) is 4.67. The van der Waals surface area contributed by atoms with Crippen LogP contribution in [-0.2, 0) is 4.79 Å². The van der Waals surface area contributed by atoms with E-state index in [9.17, 15) is 4.79 Å². The number of carbonyl (C=O) groups excluding carboxylic acids is 1. The molecule has 1 aliphatic heterocycles. The van der Waals surface area contributed by atoms with Gasteiger partial charge in [-0.05, 0) is 0 Å². The normalized spacial score (nSPS) is 19.1. The molecule has 1 amide bonds. The summed E-state index contributed by atoms with van der Waals surface area (Å²) >= 11 is 0. The van der Waals surface area contributed by atoms with Crippen molar-refractivity contribution in [1.29, 1.82) is 0 Å². The minimum absolute atomic E-state index is 0.0158. The Balaban J connectivity index is 1.84. The van der Waals surface area contributed by atoms with Crippen molar-refractivity contribution < 1.29 is 14.4 Å². The van der Waals surface area contributed by atoms with Gasteiger partial charge in [-0.25, -0.2) is 0 Å². The number of rotatable bonds is 3. The van der Waals surface area contributed by atoms with Crippen LogP contribution in [0.1, 0.15) is 6.42 Å². The molecule has 5 heteroatoms. The van der Waals surface area contributed by atoms with Crippen LogP contribution in [0.3, 0.4) is 0 Å². The van der Waals surface area contributed by atoms with Crippen molar-refractivity contribution in [3.63, 3.8) is 0 Å². The Morgan fingerprint density at radius 2 is 2.16 bits per heavy atom. The van der Waals surface area contributed by atoms with Gasteiger partial charge in [0.2, 0.25) is 11.8 Å². The number of benzene rings is 1. The van der Waals surface area contributed by atoms with Crippen molar-refractivity contribution in [3.8, 4) is 11.3 Å². The zero-order chi connectivity index (χ0) is 13.2. The monoisotopic (exact) mass is 258 g/mol. The molecule has 3 rings (SSSR count). The summed E-state index contributed by atoms with van der Waals surface area (Å²) in [6, 6.07) is 11.4. The number of amides is 1. The lowest BCUT2D eigenvalue weighted by atomic mass is 10.1. The SMILES string of the molecule is O=C1CC(CO)CN1c1cc(-c2ccccc2)no1. The van der Waals surface area contributed by atoms with Gasteiger partial charge < -0.3 is 9.63 Å². The smallest absolute Gasteiger partial charge is 0.234 e. The molecule has 1 aromatic heterocycles. The third-order valence-corrected chi connectivity index (χ3v) is 3.30. The zero-order valence-electron chi connectivity index (χ0n) is 10.3. The van der Waals surface area contributed by atoms with Crippen LogP contribution < -0.4 is 4.90 Å². The van der Waals surface area contributed by atoms with E-state index in [1.165, 1.54) is 0 Å². The van der Waals surface area contributed by atoms with E-state index in [0.717, 1.165) is 5.56 Å². The van der Waals surface area contributed by atoms with Gasteiger partial charge >= 0.3 is 0 Å². The van der Waals surface area contributed by atoms with Gasteiger partial charge in [0.25, 0.3) is 0 Å². The van der Waals surface area contributed by atoms with Gasteiger partial charge in [-0.3, -0.25) is 9.69 Å². The van der Waals surface area contributed by atoms with Crippen molar-refractivity contribution in [2.45, 2.75) is 6.42 Å². The minimum atomic E-state index is -0.0326. The van der Waals surface area contributed by atoms with Crippen molar-refractivity contribution in [2.75, 3.05) is 18.1 Å². The zero-order valence-corrected chi connectivity index (χ0v) is 10.3. The molecule has 0 bridgehead atoms. The number of aromatic nitrogens is 1. The molecule has 0 aliphatic carbocycles. The molecule has 2 aromatic rings. The summed E-state index contributed by atoms with van der Waals surface area (Å²) in [6.45, 7) is 0.501. The number of nitrogens with zero attached hydrogens (tertiary/aromatic N) is 2. The fourth-order valence-electron chi connectivity index (χ4n) is 2.25. The molecule has 98 valence electrons. The maximum absolute atomic E-state index is 11.8. The summed E-state index contributed by atoms with van der Waals surface area (Å²) in [5, 5.41) is 13.1. The maximum Gasteiger partial charge on any atom is 0.234 e. The molecule has 1 saturated heterocycles. The lowest BCUT2D eigenvalue weighted by Crippen LogP contribution is -2.24. The molecule has 0 spiro atoms. The topological polar surface area (TPSA) is 66.6 Å². The quantitative estimate of drug-likeness (QED) is 0.909. The van der Waals surface area contributed by atoms with E-state index in [4.69, 9.17) is 9.63 Å². The standard InChI is InChI=1S/C14H14N2O3/c17-9-10-6-13(18)16(8-10)14-7-12(15-19-14)11-4-2-1-3-5-11/h1-5,7,10,17H,6,8-9H2. The third-order valence-electron chi connectivity index (χ3n) is 3.30. The van der Waals surface area contributed by atoms with Crippen LogP contribution in [0.25, 0.3) is 11.3 Å². The van der Waals surface area contributed by atoms with Crippen LogP contribution in [0.2, 0.25) is 0 Å². The number of carbonyl (C=O) groups is 1. The third kappa shape index (κ3) is 2.24. The molecule has 1 atom stereocenters. The minimum Gasteiger partial charge on any atom is -0.396 e. The number of anilines is 1. The van der Waals surface area contributed by atoms with E-state index in [1.54, 1.807) is 11.0 Å². The fraction of sp³-hybridized carbons (Fsp3) is 0.286. The summed E-state index contributed by atoms with van der Waals surface area (Å²) in [4.78, 5) is 13.4. The van der Waals surface area contributed by atoms with Gasteiger partial charge in [0.05, 0.1) is 0 Å².